The molecule has 7 heteroatoms. The molecule has 0 saturated heterocycles. The summed E-state index contributed by atoms with van der Waals surface area (Å²) in [6.45, 7) is 11.1. The molecule has 0 bridgehead atoms. The van der Waals surface area contributed by atoms with E-state index < -0.39 is 33.9 Å². The number of hydrogen-bond donors (Lipinski definition) is 1. The summed E-state index contributed by atoms with van der Waals surface area (Å²) < 4.78 is 35.5. The Morgan fingerprint density at radius 2 is 1.90 bits per heavy atom. The van der Waals surface area contributed by atoms with Crippen molar-refractivity contribution in [2.24, 2.45) is 0 Å². The number of rotatable bonds is 7. The van der Waals surface area contributed by atoms with Crippen molar-refractivity contribution in [3.05, 3.63) is 57.9 Å². The Kier molecular flexibility index (Phi) is 8.34. The molecule has 164 valence electrons. The monoisotopic (exact) mass is 453 g/mol. The second kappa shape index (κ2) is 10.1. The van der Waals surface area contributed by atoms with Crippen LogP contribution in [-0.4, -0.2) is 21.9 Å². The maximum atomic E-state index is 15.3. The molecular formula is C23H29ClFNO3S. The number of ether oxygens (including phenoxy) is 1. The third-order valence-corrected chi connectivity index (χ3v) is 6.68. The van der Waals surface area contributed by atoms with Gasteiger partial charge in [-0.15, -0.1) is 4.72 Å². The van der Waals surface area contributed by atoms with Crippen LogP contribution >= 0.6 is 11.6 Å². The maximum absolute atomic E-state index is 15.3. The fraction of sp³-hybridized carbons (Fsp3) is 0.435. The van der Waals surface area contributed by atoms with Gasteiger partial charge in [0.25, 0.3) is 0 Å². The van der Waals surface area contributed by atoms with Gasteiger partial charge >= 0.3 is 5.97 Å². The summed E-state index contributed by atoms with van der Waals surface area (Å²) in [5.41, 5.74) is 3.57. The third-order valence-electron chi connectivity index (χ3n) is 4.79. The number of carbonyl (C=O) groups is 1. The van der Waals surface area contributed by atoms with E-state index in [0.29, 0.717) is 5.56 Å². The smallest absolute Gasteiger partial charge is 0.307 e. The van der Waals surface area contributed by atoms with Crippen molar-refractivity contribution in [1.29, 1.82) is 0 Å². The van der Waals surface area contributed by atoms with Gasteiger partial charge in [0.05, 0.1) is 24.1 Å². The molecule has 2 rings (SSSR count). The van der Waals surface area contributed by atoms with Crippen LogP contribution in [0.2, 0.25) is 5.02 Å². The van der Waals surface area contributed by atoms with Crippen molar-refractivity contribution < 1.29 is 18.5 Å². The van der Waals surface area contributed by atoms with Gasteiger partial charge in [0.1, 0.15) is 10.6 Å². The van der Waals surface area contributed by atoms with Gasteiger partial charge in [-0.25, -0.2) is 4.39 Å². The van der Waals surface area contributed by atoms with Crippen LogP contribution in [0.5, 0.6) is 0 Å². The number of carbonyl (C=O) groups excluding carboxylic acids is 1. The van der Waals surface area contributed by atoms with Crippen LogP contribution in [0, 0.1) is 19.7 Å². The van der Waals surface area contributed by atoms with Crippen LogP contribution in [0.15, 0.2) is 30.3 Å². The Hall–Kier alpha value is -1.60. The molecular weight excluding hydrogens is 425 g/mol. The van der Waals surface area contributed by atoms with E-state index in [1.165, 1.54) is 0 Å². The molecule has 1 N–H and O–H groups in total. The summed E-state index contributed by atoms with van der Waals surface area (Å²) in [4.78, 5) is 12.3. The Bertz CT molecular complexity index is 914. The second-order valence-electron chi connectivity index (χ2n) is 8.13. The minimum Gasteiger partial charge on any atom is -0.598 e. The molecule has 0 aliphatic rings. The van der Waals surface area contributed by atoms with Gasteiger partial charge in [0, 0.05) is 16.9 Å². The van der Waals surface area contributed by atoms with Gasteiger partial charge in [-0.3, -0.25) is 4.79 Å². The van der Waals surface area contributed by atoms with E-state index in [0.717, 1.165) is 16.7 Å². The van der Waals surface area contributed by atoms with Crippen molar-refractivity contribution in [3.8, 4) is 11.1 Å². The zero-order chi connectivity index (χ0) is 22.6. The van der Waals surface area contributed by atoms with E-state index in [-0.39, 0.29) is 23.6 Å². The van der Waals surface area contributed by atoms with Crippen LogP contribution < -0.4 is 4.72 Å². The summed E-state index contributed by atoms with van der Waals surface area (Å²) >= 11 is 4.73. The molecule has 2 aromatic rings. The molecule has 0 spiro atoms. The standard InChI is InChI=1S/C23H29ClFNO3S/c1-7-29-20(27)13-19(26-30(28)23(4,5)6)21-15(3)17(12-18(24)22(21)25)16-11-9-8-10-14(16)2/h8-12,19,26H,7,13H2,1-6H3. The van der Waals surface area contributed by atoms with Crippen LogP contribution in [0.4, 0.5) is 4.39 Å². The highest BCUT2D eigenvalue weighted by Gasteiger charge is 2.34. The van der Waals surface area contributed by atoms with Gasteiger partial charge in [0.2, 0.25) is 0 Å². The Balaban J connectivity index is 2.64. The van der Waals surface area contributed by atoms with Gasteiger partial charge in [-0.05, 0) is 69.9 Å². The molecule has 0 aliphatic heterocycles. The van der Waals surface area contributed by atoms with Crippen LogP contribution in [0.1, 0.15) is 56.8 Å². The van der Waals surface area contributed by atoms with Crippen molar-refractivity contribution in [1.82, 2.24) is 4.72 Å². The van der Waals surface area contributed by atoms with Crippen molar-refractivity contribution >= 4 is 28.9 Å². The first-order valence-corrected chi connectivity index (χ1v) is 11.4. The number of nitrogens with one attached hydrogen (secondary N) is 1. The zero-order valence-electron chi connectivity index (χ0n) is 18.3. The average molecular weight is 454 g/mol. The molecule has 0 aromatic heterocycles. The normalized spacial score (nSPS) is 13.8. The highest BCUT2D eigenvalue weighted by Crippen LogP contribution is 2.38. The predicted octanol–water partition coefficient (Wildman–Crippen LogP) is 5.81. The fourth-order valence-corrected chi connectivity index (χ4v) is 4.23. The van der Waals surface area contributed by atoms with Crippen molar-refractivity contribution in [3.63, 3.8) is 0 Å². The predicted molar refractivity (Wildman–Crippen MR) is 121 cm³/mol. The van der Waals surface area contributed by atoms with E-state index in [1.807, 2.05) is 31.2 Å². The quantitative estimate of drug-likeness (QED) is 0.424. The SMILES string of the molecule is CCOC(=O)CC(N[S+]([O-])C(C)(C)C)c1c(C)c(-c2ccccc2C)cc(Cl)c1F. The first-order chi connectivity index (χ1) is 14.0. The molecule has 2 unspecified atom stereocenters. The Morgan fingerprint density at radius 3 is 2.47 bits per heavy atom. The summed E-state index contributed by atoms with van der Waals surface area (Å²) in [5, 5.41) is -0.0500. The molecule has 4 nitrogen and oxygen atoms in total. The number of hydrogen-bond acceptors (Lipinski definition) is 4. The largest absolute Gasteiger partial charge is 0.598 e. The molecule has 0 aliphatic carbocycles. The Morgan fingerprint density at radius 1 is 1.27 bits per heavy atom. The molecule has 0 heterocycles. The molecule has 2 aromatic carbocycles. The lowest BCUT2D eigenvalue weighted by Gasteiger charge is -2.29. The van der Waals surface area contributed by atoms with Gasteiger partial charge < -0.3 is 9.29 Å². The van der Waals surface area contributed by atoms with E-state index >= 15 is 4.39 Å². The van der Waals surface area contributed by atoms with Crippen molar-refractivity contribution in [2.75, 3.05) is 6.61 Å². The minimum absolute atomic E-state index is 0.0500. The molecule has 2 atom stereocenters. The summed E-state index contributed by atoms with van der Waals surface area (Å²) in [7, 11) is 0. The summed E-state index contributed by atoms with van der Waals surface area (Å²) in [6.07, 6.45) is -0.166. The number of benzene rings is 2. The lowest BCUT2D eigenvalue weighted by molar-refractivity contribution is -0.143. The number of halogens is 2. The highest BCUT2D eigenvalue weighted by atomic mass is 35.5. The van der Waals surface area contributed by atoms with Crippen LogP contribution in [0.25, 0.3) is 11.1 Å². The second-order valence-corrected chi connectivity index (χ2v) is 10.5. The topological polar surface area (TPSA) is 61.4 Å². The van der Waals surface area contributed by atoms with Crippen LogP contribution in [0.3, 0.4) is 0 Å². The first kappa shape index (κ1) is 24.7. The molecule has 0 amide bonds. The average Bonchev–Trinajstić information content (AvgIpc) is 2.65. The minimum atomic E-state index is -1.53. The summed E-state index contributed by atoms with van der Waals surface area (Å²) in [5.74, 6) is -1.13. The highest BCUT2D eigenvalue weighted by molar-refractivity contribution is 7.90. The van der Waals surface area contributed by atoms with Gasteiger partial charge in [-0.2, -0.15) is 0 Å². The Labute approximate surface area is 186 Å². The number of aryl methyl sites for hydroxylation is 1. The van der Waals surface area contributed by atoms with E-state index in [2.05, 4.69) is 4.72 Å². The van der Waals surface area contributed by atoms with Crippen LogP contribution in [-0.2, 0) is 20.9 Å². The molecule has 30 heavy (non-hydrogen) atoms. The maximum Gasteiger partial charge on any atom is 0.307 e. The lowest BCUT2D eigenvalue weighted by Crippen LogP contribution is -2.42. The molecule has 0 fully saturated rings. The molecule has 0 radical (unpaired) electrons. The van der Waals surface area contributed by atoms with E-state index in [9.17, 15) is 9.35 Å². The van der Waals surface area contributed by atoms with Crippen molar-refractivity contribution in [2.45, 2.75) is 58.8 Å². The molecule has 0 saturated carbocycles. The summed E-state index contributed by atoms with van der Waals surface area (Å²) in [6, 6.07) is 8.48. The third kappa shape index (κ3) is 5.76. The lowest BCUT2D eigenvalue weighted by atomic mass is 9.90. The number of esters is 1. The zero-order valence-corrected chi connectivity index (χ0v) is 19.8. The fourth-order valence-electron chi connectivity index (χ4n) is 3.20. The van der Waals surface area contributed by atoms with Gasteiger partial charge in [-0.1, -0.05) is 35.9 Å². The van der Waals surface area contributed by atoms with Gasteiger partial charge in [0.15, 0.2) is 0 Å². The van der Waals surface area contributed by atoms with E-state index in [1.54, 1.807) is 40.7 Å². The first-order valence-electron chi connectivity index (χ1n) is 9.85. The van der Waals surface area contributed by atoms with E-state index in [4.69, 9.17) is 16.3 Å².